The van der Waals surface area contributed by atoms with Crippen molar-refractivity contribution >= 4 is 0 Å². The zero-order valence-electron chi connectivity index (χ0n) is 10.7. The van der Waals surface area contributed by atoms with Crippen LogP contribution in [0, 0.1) is 5.92 Å². The molecule has 16 heavy (non-hydrogen) atoms. The van der Waals surface area contributed by atoms with Crippen LogP contribution < -0.4 is 5.32 Å². The van der Waals surface area contributed by atoms with Gasteiger partial charge in [-0.3, -0.25) is 0 Å². The Morgan fingerprint density at radius 2 is 1.81 bits per heavy atom. The first-order chi connectivity index (χ1) is 7.66. The molecule has 0 saturated heterocycles. The highest BCUT2D eigenvalue weighted by atomic mass is 14.9. The average Bonchev–Trinajstić information content (AvgIpc) is 2.24. The summed E-state index contributed by atoms with van der Waals surface area (Å²) in [5.74, 6) is 0.861. The second-order valence-electron chi connectivity index (χ2n) is 5.55. The third-order valence-electron chi connectivity index (χ3n) is 4.23. The summed E-state index contributed by atoms with van der Waals surface area (Å²) >= 11 is 0. The first kappa shape index (κ1) is 11.7. The molecule has 1 aromatic rings. The summed E-state index contributed by atoms with van der Waals surface area (Å²) in [6.07, 6.45) is 4.19. The van der Waals surface area contributed by atoms with Crippen LogP contribution in [0.1, 0.15) is 38.7 Å². The van der Waals surface area contributed by atoms with Gasteiger partial charge >= 0.3 is 0 Å². The van der Waals surface area contributed by atoms with E-state index in [4.69, 9.17) is 0 Å². The number of benzene rings is 1. The van der Waals surface area contributed by atoms with Crippen molar-refractivity contribution in [1.82, 2.24) is 5.32 Å². The van der Waals surface area contributed by atoms with Gasteiger partial charge in [-0.05, 0) is 31.4 Å². The standard InChI is InChI=1S/C15H23N/c1-15(2,13-10-5-4-6-11-13)14(16-3)12-8-7-9-12/h4-6,10-12,14,16H,7-9H2,1-3H3. The Labute approximate surface area is 99.3 Å². The maximum absolute atomic E-state index is 3.54. The Morgan fingerprint density at radius 3 is 2.25 bits per heavy atom. The molecule has 1 aliphatic carbocycles. The molecule has 1 fully saturated rings. The largest absolute Gasteiger partial charge is 0.316 e. The number of hydrogen-bond acceptors (Lipinski definition) is 1. The van der Waals surface area contributed by atoms with Crippen molar-refractivity contribution in [1.29, 1.82) is 0 Å². The lowest BCUT2D eigenvalue weighted by Crippen LogP contribution is -2.50. The lowest BCUT2D eigenvalue weighted by atomic mass is 9.66. The Balaban J connectivity index is 2.21. The van der Waals surface area contributed by atoms with Crippen LogP contribution in [0.25, 0.3) is 0 Å². The molecule has 1 heteroatoms. The number of nitrogens with one attached hydrogen (secondary N) is 1. The first-order valence-electron chi connectivity index (χ1n) is 6.39. The van der Waals surface area contributed by atoms with Crippen LogP contribution in [-0.2, 0) is 5.41 Å². The van der Waals surface area contributed by atoms with E-state index in [-0.39, 0.29) is 5.41 Å². The molecule has 0 heterocycles. The fourth-order valence-electron chi connectivity index (χ4n) is 3.01. The van der Waals surface area contributed by atoms with Crippen LogP contribution in [0.2, 0.25) is 0 Å². The van der Waals surface area contributed by atoms with E-state index in [9.17, 15) is 0 Å². The van der Waals surface area contributed by atoms with Crippen molar-refractivity contribution < 1.29 is 0 Å². The molecule has 0 bridgehead atoms. The average molecular weight is 217 g/mol. The fourth-order valence-corrected chi connectivity index (χ4v) is 3.01. The first-order valence-corrected chi connectivity index (χ1v) is 6.39. The smallest absolute Gasteiger partial charge is 0.0184 e. The van der Waals surface area contributed by atoms with Crippen LogP contribution in [0.4, 0.5) is 0 Å². The minimum absolute atomic E-state index is 0.223. The molecule has 2 rings (SSSR count). The lowest BCUT2D eigenvalue weighted by molar-refractivity contribution is 0.173. The maximum Gasteiger partial charge on any atom is 0.0184 e. The molecule has 1 saturated carbocycles. The highest BCUT2D eigenvalue weighted by Gasteiger charge is 2.38. The quantitative estimate of drug-likeness (QED) is 0.815. The Hall–Kier alpha value is -0.820. The molecule has 1 unspecified atom stereocenters. The summed E-state index contributed by atoms with van der Waals surface area (Å²) in [6, 6.07) is 11.5. The van der Waals surface area contributed by atoms with Gasteiger partial charge < -0.3 is 5.32 Å². The van der Waals surface area contributed by atoms with Crippen LogP contribution in [-0.4, -0.2) is 13.1 Å². The molecule has 88 valence electrons. The van der Waals surface area contributed by atoms with E-state index in [0.29, 0.717) is 6.04 Å². The van der Waals surface area contributed by atoms with E-state index in [1.165, 1.54) is 24.8 Å². The summed E-state index contributed by atoms with van der Waals surface area (Å²) in [4.78, 5) is 0. The molecule has 0 amide bonds. The molecule has 1 atom stereocenters. The van der Waals surface area contributed by atoms with Crippen molar-refractivity contribution in [3.8, 4) is 0 Å². The SMILES string of the molecule is CNC(C1CCC1)C(C)(C)c1ccccc1. The number of likely N-dealkylation sites (N-methyl/N-ethyl adjacent to an activating group) is 1. The van der Waals surface area contributed by atoms with Gasteiger partial charge in [0.05, 0.1) is 0 Å². The van der Waals surface area contributed by atoms with Crippen molar-refractivity contribution in [2.24, 2.45) is 5.92 Å². The molecule has 0 aliphatic heterocycles. The summed E-state index contributed by atoms with van der Waals surface area (Å²) in [6.45, 7) is 4.73. The van der Waals surface area contributed by atoms with Gasteiger partial charge in [-0.25, -0.2) is 0 Å². The molecular formula is C15H23N. The topological polar surface area (TPSA) is 12.0 Å². The van der Waals surface area contributed by atoms with Gasteiger partial charge in [0.1, 0.15) is 0 Å². The van der Waals surface area contributed by atoms with Crippen molar-refractivity contribution in [3.63, 3.8) is 0 Å². The predicted octanol–water partition coefficient (Wildman–Crippen LogP) is 3.35. The zero-order chi connectivity index (χ0) is 11.6. The third kappa shape index (κ3) is 2.01. The van der Waals surface area contributed by atoms with Gasteiger partial charge in [0.2, 0.25) is 0 Å². The van der Waals surface area contributed by atoms with Crippen molar-refractivity contribution in [2.45, 2.75) is 44.6 Å². The summed E-state index contributed by atoms with van der Waals surface area (Å²) in [5, 5.41) is 3.54. The normalized spacial score (nSPS) is 19.2. The van der Waals surface area contributed by atoms with Crippen molar-refractivity contribution in [3.05, 3.63) is 35.9 Å². The van der Waals surface area contributed by atoms with Crippen LogP contribution >= 0.6 is 0 Å². The van der Waals surface area contributed by atoms with Crippen molar-refractivity contribution in [2.75, 3.05) is 7.05 Å². The van der Waals surface area contributed by atoms with Gasteiger partial charge in [-0.1, -0.05) is 50.6 Å². The molecular weight excluding hydrogens is 194 g/mol. The minimum Gasteiger partial charge on any atom is -0.316 e. The van der Waals surface area contributed by atoms with E-state index >= 15 is 0 Å². The molecule has 0 radical (unpaired) electrons. The van der Waals surface area contributed by atoms with Gasteiger partial charge in [-0.15, -0.1) is 0 Å². The van der Waals surface area contributed by atoms with E-state index in [2.05, 4.69) is 56.5 Å². The predicted molar refractivity (Wildman–Crippen MR) is 69.7 cm³/mol. The third-order valence-corrected chi connectivity index (χ3v) is 4.23. The zero-order valence-corrected chi connectivity index (χ0v) is 10.7. The van der Waals surface area contributed by atoms with Crippen LogP contribution in [0.15, 0.2) is 30.3 Å². The molecule has 1 aromatic carbocycles. The Kier molecular flexibility index (Phi) is 3.34. The highest BCUT2D eigenvalue weighted by molar-refractivity contribution is 5.26. The minimum atomic E-state index is 0.223. The van der Waals surface area contributed by atoms with Gasteiger partial charge in [0.15, 0.2) is 0 Å². The van der Waals surface area contributed by atoms with E-state index < -0.39 is 0 Å². The monoisotopic (exact) mass is 217 g/mol. The van der Waals surface area contributed by atoms with E-state index in [1.807, 2.05) is 0 Å². The van der Waals surface area contributed by atoms with Gasteiger partial charge in [0.25, 0.3) is 0 Å². The number of rotatable bonds is 4. The molecule has 0 spiro atoms. The highest BCUT2D eigenvalue weighted by Crippen LogP contribution is 2.39. The van der Waals surface area contributed by atoms with Gasteiger partial charge in [-0.2, -0.15) is 0 Å². The van der Waals surface area contributed by atoms with E-state index in [1.54, 1.807) is 0 Å². The van der Waals surface area contributed by atoms with Crippen LogP contribution in [0.3, 0.4) is 0 Å². The molecule has 1 N–H and O–H groups in total. The molecule has 1 nitrogen and oxygen atoms in total. The summed E-state index contributed by atoms with van der Waals surface area (Å²) in [5.41, 5.74) is 1.67. The van der Waals surface area contributed by atoms with Crippen LogP contribution in [0.5, 0.6) is 0 Å². The maximum atomic E-state index is 3.54. The second-order valence-corrected chi connectivity index (χ2v) is 5.55. The van der Waals surface area contributed by atoms with Gasteiger partial charge in [0, 0.05) is 11.5 Å². The summed E-state index contributed by atoms with van der Waals surface area (Å²) in [7, 11) is 2.10. The summed E-state index contributed by atoms with van der Waals surface area (Å²) < 4.78 is 0. The lowest BCUT2D eigenvalue weighted by Gasteiger charge is -2.43. The Bertz CT molecular complexity index is 325. The molecule has 1 aliphatic rings. The fraction of sp³-hybridized carbons (Fsp3) is 0.600. The number of hydrogen-bond donors (Lipinski definition) is 1. The van der Waals surface area contributed by atoms with E-state index in [0.717, 1.165) is 5.92 Å². The Morgan fingerprint density at radius 1 is 1.19 bits per heavy atom. The second kappa shape index (κ2) is 4.58. The molecule has 0 aromatic heterocycles.